The summed E-state index contributed by atoms with van der Waals surface area (Å²) < 4.78 is 4.15. The molecule has 3 aromatic heterocycles. The Morgan fingerprint density at radius 3 is 2.27 bits per heavy atom. The second-order valence-corrected chi connectivity index (χ2v) is 8.08. The molecule has 0 saturated carbocycles. The molecule has 4 aromatic carbocycles. The number of aromatic nitrogens is 4. The lowest BCUT2D eigenvalue weighted by Crippen LogP contribution is -1.83. The molecule has 0 saturated heterocycles. The van der Waals surface area contributed by atoms with Crippen molar-refractivity contribution in [3.63, 3.8) is 0 Å². The SMILES string of the molecule is Sn1c2ccccc2c2cc(-c3ccc4c(c3)[nH]c3nc5ccccc5n34)ccc21. The predicted molar refractivity (Wildman–Crippen MR) is 127 cm³/mol. The fourth-order valence-electron chi connectivity index (χ4n) is 4.62. The van der Waals surface area contributed by atoms with Crippen molar-refractivity contribution in [2.75, 3.05) is 0 Å². The molecule has 0 aliphatic heterocycles. The standard InChI is InChI=1S/C25H16N4S/c30-29-21-7-3-1-5-17(21)18-13-15(9-11-22(18)29)16-10-12-24-20(14-16)27-25-26-19-6-2-4-8-23(19)28(24)25/h1-14,30H,(H,26,27). The molecule has 5 heteroatoms. The van der Waals surface area contributed by atoms with E-state index in [2.05, 4.69) is 76.1 Å². The highest BCUT2D eigenvalue weighted by Gasteiger charge is 2.13. The Morgan fingerprint density at radius 1 is 0.667 bits per heavy atom. The van der Waals surface area contributed by atoms with Crippen LogP contribution in [0.1, 0.15) is 0 Å². The summed E-state index contributed by atoms with van der Waals surface area (Å²) >= 11 is 4.69. The van der Waals surface area contributed by atoms with Crippen LogP contribution in [0.15, 0.2) is 84.9 Å². The normalized spacial score (nSPS) is 12.2. The van der Waals surface area contributed by atoms with Gasteiger partial charge in [0.05, 0.1) is 33.1 Å². The number of aromatic amines is 1. The molecule has 3 heterocycles. The van der Waals surface area contributed by atoms with Gasteiger partial charge in [0.15, 0.2) is 0 Å². The Kier molecular flexibility index (Phi) is 3.05. The third kappa shape index (κ3) is 2.05. The lowest BCUT2D eigenvalue weighted by molar-refractivity contribution is 1.28. The maximum absolute atomic E-state index is 4.73. The fraction of sp³-hybridized carbons (Fsp3) is 0. The highest BCUT2D eigenvalue weighted by Crippen LogP contribution is 2.34. The van der Waals surface area contributed by atoms with Crippen LogP contribution in [0.3, 0.4) is 0 Å². The van der Waals surface area contributed by atoms with Crippen molar-refractivity contribution in [2.45, 2.75) is 0 Å². The van der Waals surface area contributed by atoms with E-state index in [4.69, 9.17) is 17.8 Å². The van der Waals surface area contributed by atoms with E-state index in [1.165, 1.54) is 21.9 Å². The summed E-state index contributed by atoms with van der Waals surface area (Å²) in [6.07, 6.45) is 0. The van der Waals surface area contributed by atoms with Gasteiger partial charge in [-0.1, -0.05) is 55.3 Å². The van der Waals surface area contributed by atoms with E-state index in [1.807, 2.05) is 22.2 Å². The monoisotopic (exact) mass is 404 g/mol. The first-order chi connectivity index (χ1) is 14.8. The molecule has 7 rings (SSSR count). The van der Waals surface area contributed by atoms with Crippen LogP contribution in [0.2, 0.25) is 0 Å². The lowest BCUT2D eigenvalue weighted by atomic mass is 10.0. The molecule has 0 aliphatic carbocycles. The molecule has 0 atom stereocenters. The predicted octanol–water partition coefficient (Wildman–Crippen LogP) is 6.44. The molecule has 0 aliphatic rings. The number of hydrogen-bond donors (Lipinski definition) is 2. The zero-order valence-electron chi connectivity index (χ0n) is 15.9. The molecular formula is C25H16N4S. The second kappa shape index (κ2) is 5.68. The molecular weight excluding hydrogens is 388 g/mol. The van der Waals surface area contributed by atoms with Crippen molar-refractivity contribution in [1.29, 1.82) is 0 Å². The largest absolute Gasteiger partial charge is 0.323 e. The van der Waals surface area contributed by atoms with Gasteiger partial charge in [-0.2, -0.15) is 0 Å². The molecule has 4 nitrogen and oxygen atoms in total. The molecule has 0 spiro atoms. The number of benzene rings is 4. The minimum absolute atomic E-state index is 0.872. The van der Waals surface area contributed by atoms with E-state index in [-0.39, 0.29) is 0 Å². The van der Waals surface area contributed by atoms with Gasteiger partial charge < -0.3 is 4.98 Å². The summed E-state index contributed by atoms with van der Waals surface area (Å²) in [5.74, 6) is 0.872. The number of nitrogens with one attached hydrogen (secondary N) is 1. The van der Waals surface area contributed by atoms with Crippen LogP contribution < -0.4 is 0 Å². The Bertz CT molecular complexity index is 1770. The minimum Gasteiger partial charge on any atom is -0.323 e. The summed E-state index contributed by atoms with van der Waals surface area (Å²) in [6, 6.07) is 29.8. The van der Waals surface area contributed by atoms with Crippen molar-refractivity contribution < 1.29 is 0 Å². The summed E-state index contributed by atoms with van der Waals surface area (Å²) in [6.45, 7) is 0. The van der Waals surface area contributed by atoms with Gasteiger partial charge in [-0.25, -0.2) is 4.98 Å². The topological polar surface area (TPSA) is 38.0 Å². The first-order valence-electron chi connectivity index (χ1n) is 9.90. The first-order valence-corrected chi connectivity index (χ1v) is 10.3. The van der Waals surface area contributed by atoms with Crippen molar-refractivity contribution >= 4 is 62.5 Å². The number of hydrogen-bond acceptors (Lipinski definition) is 2. The van der Waals surface area contributed by atoms with Gasteiger partial charge in [0.2, 0.25) is 5.78 Å². The third-order valence-electron chi connectivity index (χ3n) is 6.03. The van der Waals surface area contributed by atoms with Crippen LogP contribution in [0.25, 0.3) is 60.8 Å². The second-order valence-electron chi connectivity index (χ2n) is 7.68. The molecule has 7 aromatic rings. The number of H-pyrrole nitrogens is 1. The van der Waals surface area contributed by atoms with Gasteiger partial charge in [0.25, 0.3) is 0 Å². The molecule has 30 heavy (non-hydrogen) atoms. The molecule has 1 N–H and O–H groups in total. The highest BCUT2D eigenvalue weighted by atomic mass is 32.1. The van der Waals surface area contributed by atoms with E-state index in [9.17, 15) is 0 Å². The molecule has 0 bridgehead atoms. The smallest absolute Gasteiger partial charge is 0.213 e. The van der Waals surface area contributed by atoms with Gasteiger partial charge in [-0.05, 0) is 53.6 Å². The average Bonchev–Trinajstić information content (AvgIpc) is 3.41. The van der Waals surface area contributed by atoms with E-state index in [1.54, 1.807) is 0 Å². The molecule has 142 valence electrons. The van der Waals surface area contributed by atoms with Gasteiger partial charge >= 0.3 is 0 Å². The van der Waals surface area contributed by atoms with Crippen LogP contribution in [-0.4, -0.2) is 18.3 Å². The highest BCUT2D eigenvalue weighted by molar-refractivity contribution is 7.79. The lowest BCUT2D eigenvalue weighted by Gasteiger charge is -2.04. The van der Waals surface area contributed by atoms with Crippen molar-refractivity contribution in [3.8, 4) is 11.1 Å². The van der Waals surface area contributed by atoms with Crippen LogP contribution in [-0.2, 0) is 0 Å². The zero-order chi connectivity index (χ0) is 19.8. The third-order valence-corrected chi connectivity index (χ3v) is 6.46. The Labute approximate surface area is 176 Å². The van der Waals surface area contributed by atoms with Crippen LogP contribution in [0.5, 0.6) is 0 Å². The van der Waals surface area contributed by atoms with Crippen LogP contribution >= 0.6 is 12.8 Å². The van der Waals surface area contributed by atoms with Crippen molar-refractivity contribution in [3.05, 3.63) is 84.9 Å². The number of rotatable bonds is 1. The maximum Gasteiger partial charge on any atom is 0.213 e. The van der Waals surface area contributed by atoms with Gasteiger partial charge in [-0.3, -0.25) is 8.37 Å². The molecule has 0 fully saturated rings. The van der Waals surface area contributed by atoms with Gasteiger partial charge in [0.1, 0.15) is 0 Å². The van der Waals surface area contributed by atoms with Crippen LogP contribution in [0.4, 0.5) is 0 Å². The number of thiol groups is 1. The van der Waals surface area contributed by atoms with Gasteiger partial charge in [0, 0.05) is 10.8 Å². The van der Waals surface area contributed by atoms with Crippen molar-refractivity contribution in [2.24, 2.45) is 0 Å². The number of para-hydroxylation sites is 3. The zero-order valence-corrected chi connectivity index (χ0v) is 16.8. The summed E-state index contributed by atoms with van der Waals surface area (Å²) in [7, 11) is 0. The summed E-state index contributed by atoms with van der Waals surface area (Å²) in [4.78, 5) is 8.21. The van der Waals surface area contributed by atoms with E-state index in [0.29, 0.717) is 0 Å². The quantitative estimate of drug-likeness (QED) is 0.304. The molecule has 0 unspecified atom stereocenters. The van der Waals surface area contributed by atoms with E-state index >= 15 is 0 Å². The maximum atomic E-state index is 4.73. The summed E-state index contributed by atoms with van der Waals surface area (Å²) in [5, 5.41) is 2.43. The Hall–Kier alpha value is -3.70. The minimum atomic E-state index is 0.872. The molecule has 0 radical (unpaired) electrons. The number of fused-ring (bicyclic) bond motifs is 8. The molecule has 0 amide bonds. The number of imidazole rings is 2. The van der Waals surface area contributed by atoms with Gasteiger partial charge in [-0.15, -0.1) is 0 Å². The average molecular weight is 404 g/mol. The Morgan fingerprint density at radius 2 is 1.37 bits per heavy atom. The first kappa shape index (κ1) is 16.1. The fourth-order valence-corrected chi connectivity index (χ4v) is 4.97. The van der Waals surface area contributed by atoms with E-state index < -0.39 is 0 Å². The van der Waals surface area contributed by atoms with Crippen molar-refractivity contribution in [1.82, 2.24) is 18.3 Å². The van der Waals surface area contributed by atoms with Crippen LogP contribution in [0, 0.1) is 0 Å². The Balaban J connectivity index is 1.46. The number of nitrogens with zero attached hydrogens (tertiary/aromatic N) is 3. The summed E-state index contributed by atoms with van der Waals surface area (Å²) in [5.41, 5.74) is 8.95. The van der Waals surface area contributed by atoms with E-state index in [0.717, 1.165) is 38.9 Å².